The summed E-state index contributed by atoms with van der Waals surface area (Å²) in [5, 5.41) is 3.51. The molecule has 1 aromatic carbocycles. The Morgan fingerprint density at radius 3 is 2.61 bits per heavy atom. The molecule has 2 heterocycles. The van der Waals surface area contributed by atoms with Gasteiger partial charge in [0.05, 0.1) is 10.6 Å². The largest absolute Gasteiger partial charge is 0.466 e. The van der Waals surface area contributed by atoms with Crippen LogP contribution in [0.15, 0.2) is 52.9 Å². The van der Waals surface area contributed by atoms with E-state index in [1.807, 2.05) is 25.1 Å². The number of benzene rings is 1. The molecule has 2 aromatic heterocycles. The summed E-state index contributed by atoms with van der Waals surface area (Å²) >= 11 is 1.36. The monoisotopic (exact) mass is 407 g/mol. The number of halogens is 3. The number of carbonyl (C=O) groups is 1. The second kappa shape index (κ2) is 8.65. The van der Waals surface area contributed by atoms with Crippen LogP contribution in [0.5, 0.6) is 0 Å². The molecule has 0 unspecified atom stereocenters. The van der Waals surface area contributed by atoms with Crippen molar-refractivity contribution >= 4 is 22.2 Å². The van der Waals surface area contributed by atoms with Crippen LogP contribution in [-0.2, 0) is 30.2 Å². The topological polar surface area (TPSA) is 42.2 Å². The zero-order valence-electron chi connectivity index (χ0n) is 15.3. The predicted molar refractivity (Wildman–Crippen MR) is 104 cm³/mol. The van der Waals surface area contributed by atoms with Crippen LogP contribution >= 0.6 is 11.3 Å². The van der Waals surface area contributed by atoms with Gasteiger partial charge in [-0.05, 0) is 35.9 Å². The Labute approximate surface area is 165 Å². The number of thiophene rings is 1. The number of aryl methyl sites for hydroxylation is 2. The Bertz CT molecular complexity index is 943. The first-order valence-corrected chi connectivity index (χ1v) is 9.77. The van der Waals surface area contributed by atoms with E-state index in [9.17, 15) is 18.0 Å². The van der Waals surface area contributed by atoms with Gasteiger partial charge in [0.2, 0.25) is 5.91 Å². The summed E-state index contributed by atoms with van der Waals surface area (Å²) < 4.78 is 44.0. The lowest BCUT2D eigenvalue weighted by molar-refractivity contribution is -0.137. The van der Waals surface area contributed by atoms with Gasteiger partial charge in [0.15, 0.2) is 0 Å². The average Bonchev–Trinajstić information content (AvgIpc) is 3.29. The maximum atomic E-state index is 12.8. The second-order valence-electron chi connectivity index (χ2n) is 6.41. The first-order chi connectivity index (χ1) is 13.3. The molecule has 0 bridgehead atoms. The fourth-order valence-corrected chi connectivity index (χ4v) is 3.74. The summed E-state index contributed by atoms with van der Waals surface area (Å²) in [5.41, 5.74) is -0.0710. The Kier molecular flexibility index (Phi) is 6.24. The van der Waals surface area contributed by atoms with Crippen LogP contribution < -0.4 is 5.32 Å². The Morgan fingerprint density at radius 1 is 1.11 bits per heavy atom. The van der Waals surface area contributed by atoms with Crippen LogP contribution in [0, 0.1) is 0 Å². The minimum absolute atomic E-state index is 0.123. The molecule has 0 saturated heterocycles. The lowest BCUT2D eigenvalue weighted by Gasteiger charge is -2.08. The standard InChI is InChI=1S/C21H20F3NO2S/c1-2-16-6-7-17(27-16)8-10-19(26)25-20-11-9-18(28-20)13-14-4-3-5-15(12-14)21(22,23)24/h3-7,9,11-12H,2,8,10,13H2,1H3,(H,25,26). The summed E-state index contributed by atoms with van der Waals surface area (Å²) in [4.78, 5) is 13.0. The SMILES string of the molecule is CCc1ccc(CCC(=O)Nc2ccc(Cc3cccc(C(F)(F)F)c3)s2)o1. The third kappa shape index (κ3) is 5.48. The summed E-state index contributed by atoms with van der Waals surface area (Å²) in [6.07, 6.45) is -2.32. The van der Waals surface area contributed by atoms with Crippen LogP contribution in [0.25, 0.3) is 0 Å². The van der Waals surface area contributed by atoms with Crippen LogP contribution in [0.1, 0.15) is 40.9 Å². The molecule has 0 spiro atoms. The second-order valence-corrected chi connectivity index (χ2v) is 7.58. The van der Waals surface area contributed by atoms with Crippen molar-refractivity contribution < 1.29 is 22.4 Å². The first-order valence-electron chi connectivity index (χ1n) is 8.96. The van der Waals surface area contributed by atoms with Gasteiger partial charge in [-0.15, -0.1) is 11.3 Å². The van der Waals surface area contributed by atoms with E-state index < -0.39 is 11.7 Å². The van der Waals surface area contributed by atoms with E-state index in [1.165, 1.54) is 17.4 Å². The van der Waals surface area contributed by atoms with Crippen molar-refractivity contribution in [3.05, 3.63) is 76.1 Å². The smallest absolute Gasteiger partial charge is 0.416 e. The van der Waals surface area contributed by atoms with E-state index in [4.69, 9.17) is 4.42 Å². The minimum atomic E-state index is -4.35. The van der Waals surface area contributed by atoms with Crippen LogP contribution in [0.3, 0.4) is 0 Å². The third-order valence-corrected chi connectivity index (χ3v) is 5.22. The molecule has 0 aliphatic rings. The van der Waals surface area contributed by atoms with Crippen LogP contribution in [0.2, 0.25) is 0 Å². The highest BCUT2D eigenvalue weighted by molar-refractivity contribution is 7.16. The molecule has 1 amide bonds. The maximum Gasteiger partial charge on any atom is 0.416 e. The molecule has 28 heavy (non-hydrogen) atoms. The molecule has 0 aliphatic carbocycles. The molecule has 3 nitrogen and oxygen atoms in total. The third-order valence-electron chi connectivity index (χ3n) is 4.22. The average molecular weight is 407 g/mol. The van der Waals surface area contributed by atoms with E-state index in [0.717, 1.165) is 35.0 Å². The fraction of sp³-hybridized carbons (Fsp3) is 0.286. The van der Waals surface area contributed by atoms with Gasteiger partial charge in [-0.2, -0.15) is 13.2 Å². The highest BCUT2D eigenvalue weighted by Gasteiger charge is 2.30. The summed E-state index contributed by atoms with van der Waals surface area (Å²) in [6.45, 7) is 2.00. The van der Waals surface area contributed by atoms with Crippen molar-refractivity contribution in [2.45, 2.75) is 38.8 Å². The molecule has 0 radical (unpaired) electrons. The van der Waals surface area contributed by atoms with Gasteiger partial charge in [0.1, 0.15) is 11.5 Å². The number of anilines is 1. The maximum absolute atomic E-state index is 12.8. The number of nitrogens with one attached hydrogen (secondary N) is 1. The number of furan rings is 1. The van der Waals surface area contributed by atoms with Crippen molar-refractivity contribution in [3.63, 3.8) is 0 Å². The van der Waals surface area contributed by atoms with E-state index in [2.05, 4.69) is 5.32 Å². The van der Waals surface area contributed by atoms with Crippen molar-refractivity contribution in [1.82, 2.24) is 0 Å². The van der Waals surface area contributed by atoms with Crippen molar-refractivity contribution in [3.8, 4) is 0 Å². The molecule has 1 N–H and O–H groups in total. The first kappa shape index (κ1) is 20.2. The Morgan fingerprint density at radius 2 is 1.89 bits per heavy atom. The summed E-state index contributed by atoms with van der Waals surface area (Å²) in [6, 6.07) is 12.7. The van der Waals surface area contributed by atoms with E-state index in [0.29, 0.717) is 29.8 Å². The predicted octanol–water partition coefficient (Wildman–Crippen LogP) is 6.08. The van der Waals surface area contributed by atoms with Gasteiger partial charge in [-0.1, -0.05) is 25.1 Å². The zero-order chi connectivity index (χ0) is 20.1. The molecule has 3 aromatic rings. The highest BCUT2D eigenvalue weighted by Crippen LogP contribution is 2.31. The minimum Gasteiger partial charge on any atom is -0.466 e. The van der Waals surface area contributed by atoms with Gasteiger partial charge < -0.3 is 9.73 Å². The van der Waals surface area contributed by atoms with E-state index in [-0.39, 0.29) is 5.91 Å². The molecule has 0 atom stereocenters. The zero-order valence-corrected chi connectivity index (χ0v) is 16.1. The van der Waals surface area contributed by atoms with Gasteiger partial charge in [0, 0.05) is 30.6 Å². The number of carbonyl (C=O) groups excluding carboxylic acids is 1. The number of hydrogen-bond acceptors (Lipinski definition) is 3. The lowest BCUT2D eigenvalue weighted by Crippen LogP contribution is -2.11. The highest BCUT2D eigenvalue weighted by atomic mass is 32.1. The number of amides is 1. The lowest BCUT2D eigenvalue weighted by atomic mass is 10.1. The van der Waals surface area contributed by atoms with Gasteiger partial charge >= 0.3 is 6.18 Å². The molecular weight excluding hydrogens is 387 g/mol. The van der Waals surface area contributed by atoms with Crippen molar-refractivity contribution in [2.24, 2.45) is 0 Å². The normalized spacial score (nSPS) is 11.6. The quantitative estimate of drug-likeness (QED) is 0.515. The molecule has 0 fully saturated rings. The number of rotatable bonds is 7. The molecular formula is C21H20F3NO2S. The number of hydrogen-bond donors (Lipinski definition) is 1. The van der Waals surface area contributed by atoms with E-state index in [1.54, 1.807) is 12.1 Å². The van der Waals surface area contributed by atoms with E-state index >= 15 is 0 Å². The Balaban J connectivity index is 1.54. The number of alkyl halides is 3. The van der Waals surface area contributed by atoms with Crippen molar-refractivity contribution in [2.75, 3.05) is 5.32 Å². The Hall–Kier alpha value is -2.54. The summed E-state index contributed by atoms with van der Waals surface area (Å²) in [5.74, 6) is 1.55. The van der Waals surface area contributed by atoms with Crippen molar-refractivity contribution in [1.29, 1.82) is 0 Å². The molecule has 148 valence electrons. The fourth-order valence-electron chi connectivity index (χ4n) is 2.78. The molecule has 3 rings (SSSR count). The van der Waals surface area contributed by atoms with Crippen LogP contribution in [0.4, 0.5) is 18.2 Å². The van der Waals surface area contributed by atoms with Gasteiger partial charge in [-0.25, -0.2) is 0 Å². The van der Waals surface area contributed by atoms with Gasteiger partial charge in [0.25, 0.3) is 0 Å². The van der Waals surface area contributed by atoms with Gasteiger partial charge in [-0.3, -0.25) is 4.79 Å². The molecule has 0 aliphatic heterocycles. The summed E-state index contributed by atoms with van der Waals surface area (Å²) in [7, 11) is 0. The molecule has 0 saturated carbocycles. The van der Waals surface area contributed by atoms with Crippen LogP contribution in [-0.4, -0.2) is 5.91 Å². The molecule has 7 heteroatoms.